The highest BCUT2D eigenvalue weighted by Crippen LogP contribution is 2.33. The minimum Gasteiger partial charge on any atom is -0.383 e. The van der Waals surface area contributed by atoms with Gasteiger partial charge in [-0.15, -0.1) is 0 Å². The summed E-state index contributed by atoms with van der Waals surface area (Å²) in [5.74, 6) is 0. The van der Waals surface area contributed by atoms with Gasteiger partial charge in [0.1, 0.15) is 0 Å². The lowest BCUT2D eigenvalue weighted by molar-refractivity contribution is 0.137. The van der Waals surface area contributed by atoms with E-state index in [0.29, 0.717) is 5.41 Å². The van der Waals surface area contributed by atoms with Gasteiger partial charge in [0.05, 0.1) is 13.2 Å². The lowest BCUT2D eigenvalue weighted by Gasteiger charge is -2.28. The van der Waals surface area contributed by atoms with E-state index in [4.69, 9.17) is 9.47 Å². The van der Waals surface area contributed by atoms with Crippen LogP contribution >= 0.6 is 0 Å². The molecule has 1 atom stereocenters. The first-order valence-corrected chi connectivity index (χ1v) is 9.10. The van der Waals surface area contributed by atoms with Crippen molar-refractivity contribution in [2.24, 2.45) is 5.41 Å². The van der Waals surface area contributed by atoms with Crippen molar-refractivity contribution in [3.63, 3.8) is 0 Å². The number of rotatable bonds is 14. The van der Waals surface area contributed by atoms with Crippen molar-refractivity contribution in [2.45, 2.75) is 71.1 Å². The van der Waals surface area contributed by atoms with E-state index >= 15 is 0 Å². The van der Waals surface area contributed by atoms with E-state index < -0.39 is 0 Å². The number of unbranched alkanes of at least 4 members (excludes halogenated alkanes) is 7. The molecular formula is C18H37NO2. The minimum absolute atomic E-state index is 0.399. The summed E-state index contributed by atoms with van der Waals surface area (Å²) < 4.78 is 10.8. The van der Waals surface area contributed by atoms with E-state index in [9.17, 15) is 0 Å². The van der Waals surface area contributed by atoms with Crippen LogP contribution in [0.3, 0.4) is 0 Å². The molecule has 1 saturated heterocycles. The van der Waals surface area contributed by atoms with Crippen molar-refractivity contribution in [1.82, 2.24) is 5.32 Å². The van der Waals surface area contributed by atoms with Gasteiger partial charge in [-0.2, -0.15) is 0 Å². The largest absolute Gasteiger partial charge is 0.383 e. The SMILES string of the molecule is CCCCCCCCCCC1(CNCCOC)CCOC1. The number of methoxy groups -OCH3 is 1. The molecule has 0 aromatic carbocycles. The summed E-state index contributed by atoms with van der Waals surface area (Å²) in [5, 5.41) is 3.54. The summed E-state index contributed by atoms with van der Waals surface area (Å²) >= 11 is 0. The summed E-state index contributed by atoms with van der Waals surface area (Å²) in [4.78, 5) is 0. The number of hydrogen-bond acceptors (Lipinski definition) is 3. The molecule has 1 heterocycles. The highest BCUT2D eigenvalue weighted by molar-refractivity contribution is 4.85. The third-order valence-electron chi connectivity index (χ3n) is 4.73. The summed E-state index contributed by atoms with van der Waals surface area (Å²) in [6, 6.07) is 0. The molecule has 0 bridgehead atoms. The Bertz CT molecular complexity index is 227. The van der Waals surface area contributed by atoms with Crippen LogP contribution in [0.5, 0.6) is 0 Å². The molecule has 0 spiro atoms. The Hall–Kier alpha value is -0.120. The van der Waals surface area contributed by atoms with E-state index in [-0.39, 0.29) is 0 Å². The number of hydrogen-bond donors (Lipinski definition) is 1. The molecule has 1 aliphatic heterocycles. The van der Waals surface area contributed by atoms with E-state index in [1.807, 2.05) is 0 Å². The topological polar surface area (TPSA) is 30.5 Å². The molecule has 1 unspecified atom stereocenters. The van der Waals surface area contributed by atoms with Gasteiger partial charge in [-0.05, 0) is 12.8 Å². The maximum absolute atomic E-state index is 5.67. The Kier molecular flexibility index (Phi) is 11.2. The summed E-state index contributed by atoms with van der Waals surface area (Å²) in [6.45, 7) is 7.02. The third-order valence-corrected chi connectivity index (χ3v) is 4.73. The van der Waals surface area contributed by atoms with Crippen LogP contribution in [-0.4, -0.2) is 40.0 Å². The average molecular weight is 299 g/mol. The van der Waals surface area contributed by atoms with E-state index in [2.05, 4.69) is 12.2 Å². The highest BCUT2D eigenvalue weighted by atomic mass is 16.5. The molecule has 21 heavy (non-hydrogen) atoms. The maximum Gasteiger partial charge on any atom is 0.0587 e. The first-order valence-electron chi connectivity index (χ1n) is 9.10. The molecule has 1 N–H and O–H groups in total. The third kappa shape index (κ3) is 8.80. The minimum atomic E-state index is 0.399. The first kappa shape index (κ1) is 18.9. The molecule has 0 amide bonds. The highest BCUT2D eigenvalue weighted by Gasteiger charge is 2.33. The molecule has 0 saturated carbocycles. The maximum atomic E-state index is 5.67. The van der Waals surface area contributed by atoms with Crippen LogP contribution in [0.2, 0.25) is 0 Å². The zero-order valence-corrected chi connectivity index (χ0v) is 14.4. The summed E-state index contributed by atoms with van der Waals surface area (Å²) in [7, 11) is 1.76. The molecular weight excluding hydrogens is 262 g/mol. The normalized spacial score (nSPS) is 22.0. The van der Waals surface area contributed by atoms with E-state index in [1.54, 1.807) is 7.11 Å². The molecule has 3 heteroatoms. The van der Waals surface area contributed by atoms with Crippen molar-refractivity contribution in [3.8, 4) is 0 Å². The molecule has 1 rings (SSSR count). The molecule has 0 aromatic rings. The van der Waals surface area contributed by atoms with Crippen molar-refractivity contribution in [3.05, 3.63) is 0 Å². The van der Waals surface area contributed by atoms with Gasteiger partial charge < -0.3 is 14.8 Å². The van der Waals surface area contributed by atoms with E-state index in [1.165, 1.54) is 64.2 Å². The predicted molar refractivity (Wildman–Crippen MR) is 89.8 cm³/mol. The first-order chi connectivity index (χ1) is 10.3. The predicted octanol–water partition coefficient (Wildman–Crippen LogP) is 4.16. The van der Waals surface area contributed by atoms with Crippen LogP contribution < -0.4 is 5.32 Å². The second kappa shape index (κ2) is 12.4. The van der Waals surface area contributed by atoms with Gasteiger partial charge in [0.25, 0.3) is 0 Å². The molecule has 0 radical (unpaired) electrons. The zero-order valence-electron chi connectivity index (χ0n) is 14.4. The fourth-order valence-electron chi connectivity index (χ4n) is 3.24. The Morgan fingerprint density at radius 1 is 1.05 bits per heavy atom. The molecule has 3 nitrogen and oxygen atoms in total. The Balaban J connectivity index is 2.05. The lowest BCUT2D eigenvalue weighted by atomic mass is 9.81. The lowest BCUT2D eigenvalue weighted by Crippen LogP contribution is -2.36. The molecule has 1 aliphatic rings. The number of nitrogens with one attached hydrogen (secondary N) is 1. The second-order valence-electron chi connectivity index (χ2n) is 6.70. The Morgan fingerprint density at radius 2 is 1.76 bits per heavy atom. The molecule has 0 aliphatic carbocycles. The van der Waals surface area contributed by atoms with Crippen LogP contribution in [-0.2, 0) is 9.47 Å². The Labute approximate surface area is 132 Å². The van der Waals surface area contributed by atoms with E-state index in [0.717, 1.165) is 32.9 Å². The number of ether oxygens (including phenoxy) is 2. The van der Waals surface area contributed by atoms with Crippen LogP contribution in [0.15, 0.2) is 0 Å². The van der Waals surface area contributed by atoms with Crippen molar-refractivity contribution in [1.29, 1.82) is 0 Å². The van der Waals surface area contributed by atoms with Crippen LogP contribution in [0.1, 0.15) is 71.1 Å². The average Bonchev–Trinajstić information content (AvgIpc) is 2.96. The fraction of sp³-hybridized carbons (Fsp3) is 1.00. The van der Waals surface area contributed by atoms with Crippen molar-refractivity contribution < 1.29 is 9.47 Å². The smallest absolute Gasteiger partial charge is 0.0587 e. The van der Waals surface area contributed by atoms with Crippen LogP contribution in [0.25, 0.3) is 0 Å². The van der Waals surface area contributed by atoms with Gasteiger partial charge in [0.2, 0.25) is 0 Å². The van der Waals surface area contributed by atoms with Gasteiger partial charge in [0, 0.05) is 32.2 Å². The summed E-state index contributed by atoms with van der Waals surface area (Å²) in [6.07, 6.45) is 13.8. The standard InChI is InChI=1S/C18H37NO2/c1-3-4-5-6-7-8-9-10-11-18(12-14-21-17-18)16-19-13-15-20-2/h19H,3-17H2,1-2H3. The Morgan fingerprint density at radius 3 is 2.38 bits per heavy atom. The quantitative estimate of drug-likeness (QED) is 0.489. The van der Waals surface area contributed by atoms with Crippen molar-refractivity contribution >= 4 is 0 Å². The van der Waals surface area contributed by atoms with Gasteiger partial charge >= 0.3 is 0 Å². The molecule has 126 valence electrons. The molecule has 0 aromatic heterocycles. The fourth-order valence-corrected chi connectivity index (χ4v) is 3.24. The van der Waals surface area contributed by atoms with Gasteiger partial charge in [0.15, 0.2) is 0 Å². The van der Waals surface area contributed by atoms with Gasteiger partial charge in [-0.3, -0.25) is 0 Å². The second-order valence-corrected chi connectivity index (χ2v) is 6.70. The zero-order chi connectivity index (χ0) is 15.2. The molecule has 1 fully saturated rings. The summed E-state index contributed by atoms with van der Waals surface area (Å²) in [5.41, 5.74) is 0.399. The van der Waals surface area contributed by atoms with Crippen LogP contribution in [0, 0.1) is 5.41 Å². The van der Waals surface area contributed by atoms with Crippen molar-refractivity contribution in [2.75, 3.05) is 40.0 Å². The van der Waals surface area contributed by atoms with Crippen LogP contribution in [0.4, 0.5) is 0 Å². The monoisotopic (exact) mass is 299 g/mol. The van der Waals surface area contributed by atoms with Gasteiger partial charge in [-0.25, -0.2) is 0 Å². The van der Waals surface area contributed by atoms with Gasteiger partial charge in [-0.1, -0.05) is 58.3 Å².